The van der Waals surface area contributed by atoms with Crippen LogP contribution in [0, 0.1) is 5.92 Å². The molecular weight excluding hydrogens is 330 g/mol. The lowest BCUT2D eigenvalue weighted by atomic mass is 10.1. The molecule has 0 spiro atoms. The average Bonchev–Trinajstić information content (AvgIpc) is 3.12. The van der Waals surface area contributed by atoms with Crippen molar-refractivity contribution in [3.8, 4) is 0 Å². The van der Waals surface area contributed by atoms with Crippen molar-refractivity contribution in [3.05, 3.63) is 12.7 Å². The van der Waals surface area contributed by atoms with E-state index in [-0.39, 0.29) is 5.82 Å². The van der Waals surface area contributed by atoms with E-state index in [1.54, 1.807) is 16.3 Å². The van der Waals surface area contributed by atoms with E-state index >= 15 is 0 Å². The number of aliphatic hydroxyl groups is 2. The number of nitrogen functional groups attached to an aromatic ring is 1. The predicted octanol–water partition coefficient (Wildman–Crippen LogP) is 0.807. The Kier molecular flexibility index (Phi) is 5.24. The highest BCUT2D eigenvalue weighted by Crippen LogP contribution is 2.33. The lowest BCUT2D eigenvalue weighted by molar-refractivity contribution is -0.0289. The summed E-state index contributed by atoms with van der Waals surface area (Å²) in [6.45, 7) is 4.35. The molecule has 0 radical (unpaired) electrons. The van der Waals surface area contributed by atoms with Gasteiger partial charge in [-0.2, -0.15) is 11.8 Å². The van der Waals surface area contributed by atoms with Crippen LogP contribution in [0.4, 0.5) is 5.82 Å². The highest BCUT2D eigenvalue weighted by molar-refractivity contribution is 7.99. The first-order valence-electron chi connectivity index (χ1n) is 8.05. The molecule has 0 aromatic carbocycles. The monoisotopic (exact) mass is 353 g/mol. The van der Waals surface area contributed by atoms with Gasteiger partial charge in [0, 0.05) is 5.75 Å². The van der Waals surface area contributed by atoms with Crippen molar-refractivity contribution in [1.29, 1.82) is 0 Å². The number of rotatable bonds is 6. The number of imidazole rings is 1. The molecule has 0 saturated carbocycles. The fourth-order valence-corrected chi connectivity index (χ4v) is 3.94. The van der Waals surface area contributed by atoms with Crippen LogP contribution in [0.2, 0.25) is 0 Å². The first-order chi connectivity index (χ1) is 11.5. The molecular formula is C15H23N5O3S. The van der Waals surface area contributed by atoms with Crippen molar-refractivity contribution in [2.75, 3.05) is 17.2 Å². The number of nitrogens with zero attached hydrogens (tertiary/aromatic N) is 4. The molecule has 0 aliphatic carbocycles. The normalized spacial score (nSPS) is 28.5. The predicted molar refractivity (Wildman–Crippen MR) is 92.4 cm³/mol. The van der Waals surface area contributed by atoms with Crippen molar-refractivity contribution >= 4 is 28.7 Å². The summed E-state index contributed by atoms with van der Waals surface area (Å²) in [7, 11) is 0. The van der Waals surface area contributed by atoms with Gasteiger partial charge in [-0.3, -0.25) is 4.57 Å². The van der Waals surface area contributed by atoms with Gasteiger partial charge in [-0.05, 0) is 11.7 Å². The van der Waals surface area contributed by atoms with E-state index in [0.717, 1.165) is 12.2 Å². The molecule has 0 bridgehead atoms. The lowest BCUT2D eigenvalue weighted by Crippen LogP contribution is -2.32. The van der Waals surface area contributed by atoms with E-state index in [0.29, 0.717) is 22.8 Å². The van der Waals surface area contributed by atoms with Gasteiger partial charge in [0.2, 0.25) is 0 Å². The van der Waals surface area contributed by atoms with E-state index in [1.165, 1.54) is 12.7 Å². The molecule has 1 aliphatic heterocycles. The third-order valence-corrected chi connectivity index (χ3v) is 5.75. The molecule has 1 fully saturated rings. The minimum atomic E-state index is -1.05. The molecule has 24 heavy (non-hydrogen) atoms. The first-order valence-corrected chi connectivity index (χ1v) is 9.20. The third-order valence-electron chi connectivity index (χ3n) is 4.38. The maximum absolute atomic E-state index is 10.4. The zero-order valence-electron chi connectivity index (χ0n) is 13.7. The quantitative estimate of drug-likeness (QED) is 0.698. The van der Waals surface area contributed by atoms with Crippen LogP contribution in [0.3, 0.4) is 0 Å². The van der Waals surface area contributed by atoms with Crippen LogP contribution in [0.15, 0.2) is 12.7 Å². The van der Waals surface area contributed by atoms with Gasteiger partial charge in [0.15, 0.2) is 17.7 Å². The molecule has 8 nitrogen and oxygen atoms in total. The molecule has 2 aromatic rings. The van der Waals surface area contributed by atoms with Crippen LogP contribution >= 0.6 is 11.8 Å². The maximum Gasteiger partial charge on any atom is 0.167 e. The SMILES string of the molecule is CCC(C)CSC[C@@H]1O[C@H](n2cnc3c(N)ncnc32)[C@@H](O)[C@H]1O. The number of thioether (sulfide) groups is 1. The number of anilines is 1. The number of fused-ring (bicyclic) bond motifs is 1. The van der Waals surface area contributed by atoms with E-state index in [9.17, 15) is 10.2 Å². The van der Waals surface area contributed by atoms with Gasteiger partial charge >= 0.3 is 0 Å². The number of hydrogen-bond donors (Lipinski definition) is 3. The molecule has 2 aromatic heterocycles. The van der Waals surface area contributed by atoms with Crippen LogP contribution in [0.25, 0.3) is 11.2 Å². The summed E-state index contributed by atoms with van der Waals surface area (Å²) in [5.74, 6) is 2.52. The van der Waals surface area contributed by atoms with E-state index in [2.05, 4.69) is 28.8 Å². The Labute approximate surface area is 144 Å². The fourth-order valence-electron chi connectivity index (χ4n) is 2.66. The Morgan fingerprint density at radius 2 is 2.12 bits per heavy atom. The van der Waals surface area contributed by atoms with Crippen molar-refractivity contribution in [2.45, 2.75) is 44.8 Å². The largest absolute Gasteiger partial charge is 0.387 e. The van der Waals surface area contributed by atoms with Crippen LogP contribution < -0.4 is 5.73 Å². The summed E-state index contributed by atoms with van der Waals surface area (Å²) in [5, 5.41) is 20.7. The molecule has 9 heteroatoms. The molecule has 4 N–H and O–H groups in total. The van der Waals surface area contributed by atoms with Gasteiger partial charge in [0.25, 0.3) is 0 Å². The number of aromatic nitrogens is 4. The van der Waals surface area contributed by atoms with Crippen LogP contribution in [0.1, 0.15) is 26.5 Å². The molecule has 5 atom stereocenters. The number of ether oxygens (including phenoxy) is 1. The van der Waals surface area contributed by atoms with Crippen molar-refractivity contribution in [3.63, 3.8) is 0 Å². The lowest BCUT2D eigenvalue weighted by Gasteiger charge is -2.16. The van der Waals surface area contributed by atoms with Gasteiger partial charge in [-0.25, -0.2) is 15.0 Å². The van der Waals surface area contributed by atoms with E-state index in [4.69, 9.17) is 10.5 Å². The Morgan fingerprint density at radius 1 is 1.33 bits per heavy atom. The highest BCUT2D eigenvalue weighted by Gasteiger charge is 2.44. The summed E-state index contributed by atoms with van der Waals surface area (Å²) >= 11 is 1.73. The van der Waals surface area contributed by atoms with Crippen LogP contribution in [-0.4, -0.2) is 59.5 Å². The standard InChI is InChI=1S/C15H23N5O3S/c1-3-8(2)4-24-5-9-11(21)12(22)15(23-9)20-7-19-10-13(16)17-6-18-14(10)20/h6-9,11-12,15,21-22H,3-5H2,1-2H3,(H2,16,17,18)/t8?,9-,11-,12-,15-/m0/s1. The van der Waals surface area contributed by atoms with Crippen LogP contribution in [0.5, 0.6) is 0 Å². The number of nitrogens with two attached hydrogens (primary N) is 1. The first kappa shape index (κ1) is 17.4. The van der Waals surface area contributed by atoms with Crippen molar-refractivity contribution in [2.24, 2.45) is 5.92 Å². The molecule has 3 heterocycles. The minimum Gasteiger partial charge on any atom is -0.387 e. The maximum atomic E-state index is 10.4. The summed E-state index contributed by atoms with van der Waals surface area (Å²) in [4.78, 5) is 12.2. The smallest absolute Gasteiger partial charge is 0.167 e. The number of aliphatic hydroxyl groups excluding tert-OH is 2. The van der Waals surface area contributed by atoms with Gasteiger partial charge in [-0.15, -0.1) is 0 Å². The summed E-state index contributed by atoms with van der Waals surface area (Å²) in [6.07, 6.45) is 0.792. The molecule has 132 valence electrons. The Balaban J connectivity index is 1.73. The molecule has 1 aliphatic rings. The Hall–Kier alpha value is -1.42. The summed E-state index contributed by atoms with van der Waals surface area (Å²) in [6, 6.07) is 0. The average molecular weight is 353 g/mol. The van der Waals surface area contributed by atoms with Gasteiger partial charge in [0.05, 0.1) is 12.4 Å². The summed E-state index contributed by atoms with van der Waals surface area (Å²) in [5.41, 5.74) is 6.72. The van der Waals surface area contributed by atoms with Crippen LogP contribution in [-0.2, 0) is 4.74 Å². The topological polar surface area (TPSA) is 119 Å². The minimum absolute atomic E-state index is 0.271. The van der Waals surface area contributed by atoms with Gasteiger partial charge < -0.3 is 20.7 Å². The third kappa shape index (κ3) is 3.21. The van der Waals surface area contributed by atoms with Gasteiger partial charge in [0.1, 0.15) is 24.1 Å². The fraction of sp³-hybridized carbons (Fsp3) is 0.667. The van der Waals surface area contributed by atoms with E-state index < -0.39 is 24.5 Å². The number of hydrogen-bond acceptors (Lipinski definition) is 8. The Bertz CT molecular complexity index is 697. The second-order valence-corrected chi connectivity index (χ2v) is 7.26. The van der Waals surface area contributed by atoms with Crippen molar-refractivity contribution < 1.29 is 14.9 Å². The summed E-state index contributed by atoms with van der Waals surface area (Å²) < 4.78 is 7.49. The zero-order chi connectivity index (χ0) is 17.3. The molecule has 0 amide bonds. The second kappa shape index (κ2) is 7.22. The molecule has 1 unspecified atom stereocenters. The highest BCUT2D eigenvalue weighted by atomic mass is 32.2. The second-order valence-electron chi connectivity index (χ2n) is 6.18. The molecule has 1 saturated heterocycles. The Morgan fingerprint density at radius 3 is 2.88 bits per heavy atom. The molecule has 3 rings (SSSR count). The van der Waals surface area contributed by atoms with Gasteiger partial charge in [-0.1, -0.05) is 20.3 Å². The zero-order valence-corrected chi connectivity index (χ0v) is 14.6. The van der Waals surface area contributed by atoms with Crippen molar-refractivity contribution in [1.82, 2.24) is 19.5 Å². The van der Waals surface area contributed by atoms with E-state index in [1.807, 2.05) is 0 Å².